The summed E-state index contributed by atoms with van der Waals surface area (Å²) in [6.07, 6.45) is 2.87. The number of rotatable bonds is 2. The van der Waals surface area contributed by atoms with E-state index in [-0.39, 0.29) is 17.9 Å². The molecular weight excluding hydrogens is 260 g/mol. The standard InChI is InChI=1S/C14H22N2O2S/c1-7(2)10-6-19-14(16-13(10)18)15-11-4-9-3-8(11)5-12(9)17/h7-12,17H,3-6H2,1-2H3,(H,15,16,18)/t8-,9-,10?,11+,12-/m1/s1. The normalized spacial score (nSPS) is 44.1. The van der Waals surface area contributed by atoms with Gasteiger partial charge >= 0.3 is 0 Å². The van der Waals surface area contributed by atoms with E-state index in [1.54, 1.807) is 11.8 Å². The van der Waals surface area contributed by atoms with E-state index in [4.69, 9.17) is 4.99 Å². The lowest BCUT2D eigenvalue weighted by Crippen LogP contribution is -2.43. The summed E-state index contributed by atoms with van der Waals surface area (Å²) in [6, 6.07) is 0.312. The third-order valence-corrected chi connectivity index (χ3v) is 5.84. The van der Waals surface area contributed by atoms with E-state index < -0.39 is 0 Å². The zero-order chi connectivity index (χ0) is 13.6. The average Bonchev–Trinajstić information content (AvgIpc) is 2.87. The van der Waals surface area contributed by atoms with Crippen molar-refractivity contribution >= 4 is 22.8 Å². The number of nitrogens with one attached hydrogen (secondary N) is 1. The minimum absolute atomic E-state index is 0.103. The van der Waals surface area contributed by atoms with Crippen molar-refractivity contribution in [2.45, 2.75) is 45.3 Å². The molecular formula is C14H22N2O2S. The highest BCUT2D eigenvalue weighted by Crippen LogP contribution is 2.46. The first-order valence-corrected chi connectivity index (χ1v) is 8.22. The van der Waals surface area contributed by atoms with Crippen molar-refractivity contribution in [3.05, 3.63) is 0 Å². The molecule has 0 radical (unpaired) electrons. The monoisotopic (exact) mass is 282 g/mol. The fraction of sp³-hybridized carbons (Fsp3) is 0.857. The first-order valence-electron chi connectivity index (χ1n) is 7.24. The number of hydrogen-bond acceptors (Lipinski definition) is 4. The molecule has 0 aromatic carbocycles. The molecule has 5 atom stereocenters. The summed E-state index contributed by atoms with van der Waals surface area (Å²) < 4.78 is 0. The highest BCUT2D eigenvalue weighted by molar-refractivity contribution is 8.14. The third-order valence-electron chi connectivity index (χ3n) is 4.84. The van der Waals surface area contributed by atoms with Crippen molar-refractivity contribution in [3.8, 4) is 0 Å². The van der Waals surface area contributed by atoms with Gasteiger partial charge in [-0.05, 0) is 37.0 Å². The highest BCUT2D eigenvalue weighted by Gasteiger charge is 2.45. The third kappa shape index (κ3) is 2.55. The van der Waals surface area contributed by atoms with Gasteiger partial charge in [0.1, 0.15) is 0 Å². The Labute approximate surface area is 118 Å². The molecule has 106 valence electrons. The maximum absolute atomic E-state index is 12.0. The smallest absolute Gasteiger partial charge is 0.230 e. The Balaban J connectivity index is 1.62. The number of amides is 1. The van der Waals surface area contributed by atoms with Crippen molar-refractivity contribution < 1.29 is 9.90 Å². The number of hydrogen-bond donors (Lipinski definition) is 2. The van der Waals surface area contributed by atoms with Gasteiger partial charge in [-0.3, -0.25) is 9.79 Å². The van der Waals surface area contributed by atoms with Gasteiger partial charge in [0.05, 0.1) is 18.1 Å². The molecule has 2 saturated carbocycles. The van der Waals surface area contributed by atoms with E-state index in [1.165, 1.54) is 0 Å². The van der Waals surface area contributed by atoms with Crippen molar-refractivity contribution in [1.29, 1.82) is 0 Å². The number of aliphatic imine (C=N–C) groups is 1. The number of thioether (sulfide) groups is 1. The summed E-state index contributed by atoms with van der Waals surface area (Å²) in [5.74, 6) is 2.40. The van der Waals surface area contributed by atoms with Crippen LogP contribution in [0, 0.1) is 23.7 Å². The maximum atomic E-state index is 12.0. The van der Waals surface area contributed by atoms with Crippen LogP contribution in [0.3, 0.4) is 0 Å². The molecule has 3 rings (SSSR count). The fourth-order valence-electron chi connectivity index (χ4n) is 3.57. The van der Waals surface area contributed by atoms with E-state index in [0.717, 1.165) is 30.2 Å². The molecule has 1 heterocycles. The molecule has 4 nitrogen and oxygen atoms in total. The Morgan fingerprint density at radius 2 is 2.11 bits per heavy atom. The van der Waals surface area contributed by atoms with Gasteiger partial charge in [-0.25, -0.2) is 0 Å². The molecule has 2 bridgehead atoms. The molecule has 3 aliphatic rings. The second-order valence-electron chi connectivity index (χ2n) is 6.45. The van der Waals surface area contributed by atoms with Gasteiger partial charge in [-0.15, -0.1) is 0 Å². The molecule has 5 heteroatoms. The molecule has 1 amide bonds. The van der Waals surface area contributed by atoms with E-state index >= 15 is 0 Å². The quantitative estimate of drug-likeness (QED) is 0.809. The molecule has 2 aliphatic carbocycles. The summed E-state index contributed by atoms with van der Waals surface area (Å²) in [7, 11) is 0. The second kappa shape index (κ2) is 5.09. The Hall–Kier alpha value is -0.550. The lowest BCUT2D eigenvalue weighted by atomic mass is 9.94. The molecule has 1 aliphatic heterocycles. The second-order valence-corrected chi connectivity index (χ2v) is 7.46. The van der Waals surface area contributed by atoms with Gasteiger partial charge in [0.15, 0.2) is 5.17 Å². The van der Waals surface area contributed by atoms with Crippen LogP contribution in [0.5, 0.6) is 0 Å². The lowest BCUT2D eigenvalue weighted by Gasteiger charge is -2.27. The molecule has 3 fully saturated rings. The van der Waals surface area contributed by atoms with Crippen LogP contribution in [0.2, 0.25) is 0 Å². The van der Waals surface area contributed by atoms with Crippen LogP contribution in [0.4, 0.5) is 0 Å². The number of nitrogens with zero attached hydrogens (tertiary/aromatic N) is 1. The van der Waals surface area contributed by atoms with Crippen LogP contribution < -0.4 is 5.32 Å². The summed E-state index contributed by atoms with van der Waals surface area (Å²) in [5.41, 5.74) is 0. The molecule has 19 heavy (non-hydrogen) atoms. The predicted molar refractivity (Wildman–Crippen MR) is 77.0 cm³/mol. The fourth-order valence-corrected chi connectivity index (χ4v) is 4.82. The van der Waals surface area contributed by atoms with Gasteiger partial charge in [0.25, 0.3) is 0 Å². The minimum Gasteiger partial charge on any atom is -0.393 e. The summed E-state index contributed by atoms with van der Waals surface area (Å²) >= 11 is 1.67. The van der Waals surface area contributed by atoms with Gasteiger partial charge < -0.3 is 10.4 Å². The zero-order valence-corrected chi connectivity index (χ0v) is 12.3. The van der Waals surface area contributed by atoms with E-state index in [9.17, 15) is 9.90 Å². The Bertz CT molecular complexity index is 408. The number of aliphatic hydroxyl groups is 1. The van der Waals surface area contributed by atoms with Crippen LogP contribution in [-0.2, 0) is 4.79 Å². The van der Waals surface area contributed by atoms with Crippen LogP contribution in [0.25, 0.3) is 0 Å². The van der Waals surface area contributed by atoms with Gasteiger partial charge in [-0.1, -0.05) is 25.6 Å². The molecule has 0 aromatic rings. The van der Waals surface area contributed by atoms with E-state index in [0.29, 0.717) is 23.8 Å². The first-order chi connectivity index (χ1) is 9.04. The van der Waals surface area contributed by atoms with E-state index in [2.05, 4.69) is 19.2 Å². The number of fused-ring (bicyclic) bond motifs is 2. The summed E-state index contributed by atoms with van der Waals surface area (Å²) in [5, 5.41) is 13.5. The summed E-state index contributed by atoms with van der Waals surface area (Å²) in [4.78, 5) is 16.7. The van der Waals surface area contributed by atoms with Crippen LogP contribution in [0.1, 0.15) is 33.1 Å². The molecule has 0 aromatic heterocycles. The average molecular weight is 282 g/mol. The molecule has 1 unspecified atom stereocenters. The SMILES string of the molecule is CC(C)C1CSC(=N[C@H]2C[C@H]3C[C@@H]2C[C@H]3O)NC1=O. The summed E-state index contributed by atoms with van der Waals surface area (Å²) in [6.45, 7) is 4.18. The minimum atomic E-state index is -0.111. The Morgan fingerprint density at radius 3 is 2.63 bits per heavy atom. The predicted octanol–water partition coefficient (Wildman–Crippen LogP) is 1.64. The highest BCUT2D eigenvalue weighted by atomic mass is 32.2. The van der Waals surface area contributed by atoms with Crippen LogP contribution >= 0.6 is 11.8 Å². The molecule has 0 spiro atoms. The van der Waals surface area contributed by atoms with Gasteiger partial charge in [0, 0.05) is 5.75 Å². The van der Waals surface area contributed by atoms with E-state index in [1.807, 2.05) is 0 Å². The maximum Gasteiger partial charge on any atom is 0.230 e. The Kier molecular flexibility index (Phi) is 3.60. The number of amidine groups is 1. The lowest BCUT2D eigenvalue weighted by molar-refractivity contribution is -0.124. The number of carbonyl (C=O) groups excluding carboxylic acids is 1. The first kappa shape index (κ1) is 13.4. The molecule has 1 saturated heterocycles. The van der Waals surface area contributed by atoms with Gasteiger partial charge in [0.2, 0.25) is 5.91 Å². The van der Waals surface area contributed by atoms with Crippen molar-refractivity contribution in [2.75, 3.05) is 5.75 Å². The Morgan fingerprint density at radius 1 is 1.32 bits per heavy atom. The van der Waals surface area contributed by atoms with Crippen molar-refractivity contribution in [1.82, 2.24) is 5.32 Å². The molecule has 2 N–H and O–H groups in total. The zero-order valence-electron chi connectivity index (χ0n) is 11.5. The number of aliphatic hydroxyl groups excluding tert-OH is 1. The van der Waals surface area contributed by atoms with Crippen molar-refractivity contribution in [3.63, 3.8) is 0 Å². The van der Waals surface area contributed by atoms with Crippen LogP contribution in [-0.4, -0.2) is 34.1 Å². The largest absolute Gasteiger partial charge is 0.393 e. The number of carbonyl (C=O) groups is 1. The van der Waals surface area contributed by atoms with Gasteiger partial charge in [-0.2, -0.15) is 0 Å². The topological polar surface area (TPSA) is 61.7 Å². The van der Waals surface area contributed by atoms with Crippen molar-refractivity contribution in [2.24, 2.45) is 28.7 Å². The van der Waals surface area contributed by atoms with Crippen LogP contribution in [0.15, 0.2) is 4.99 Å².